The molecule has 9 heteroatoms. The first-order valence-corrected chi connectivity index (χ1v) is 11.5. The van der Waals surface area contributed by atoms with Gasteiger partial charge in [-0.05, 0) is 58.1 Å². The number of anilines is 1. The summed E-state index contributed by atoms with van der Waals surface area (Å²) in [7, 11) is 0. The van der Waals surface area contributed by atoms with Gasteiger partial charge in [0.15, 0.2) is 0 Å². The van der Waals surface area contributed by atoms with E-state index in [9.17, 15) is 19.5 Å². The molecule has 1 fully saturated rings. The van der Waals surface area contributed by atoms with E-state index in [0.717, 1.165) is 0 Å². The van der Waals surface area contributed by atoms with E-state index in [0.29, 0.717) is 31.5 Å². The summed E-state index contributed by atoms with van der Waals surface area (Å²) in [5.74, 6) is -0.215. The molecule has 1 heterocycles. The van der Waals surface area contributed by atoms with Gasteiger partial charge in [-0.15, -0.1) is 0 Å². The van der Waals surface area contributed by atoms with Gasteiger partial charge in [-0.2, -0.15) is 0 Å². The van der Waals surface area contributed by atoms with Crippen molar-refractivity contribution >= 4 is 23.7 Å². The number of urea groups is 1. The fourth-order valence-corrected chi connectivity index (χ4v) is 3.65. The van der Waals surface area contributed by atoms with Crippen molar-refractivity contribution in [2.45, 2.75) is 77.7 Å². The van der Waals surface area contributed by atoms with E-state index in [-0.39, 0.29) is 24.4 Å². The van der Waals surface area contributed by atoms with Crippen molar-refractivity contribution in [3.63, 3.8) is 0 Å². The highest BCUT2D eigenvalue weighted by Crippen LogP contribution is 2.16. The fourth-order valence-electron chi connectivity index (χ4n) is 3.65. The highest BCUT2D eigenvalue weighted by atomic mass is 16.6. The number of carbonyl (C=O) groups excluding carboxylic acids is 3. The zero-order valence-corrected chi connectivity index (χ0v) is 20.3. The Morgan fingerprint density at radius 1 is 1.18 bits per heavy atom. The van der Waals surface area contributed by atoms with Gasteiger partial charge < -0.3 is 30.7 Å². The van der Waals surface area contributed by atoms with E-state index in [1.165, 1.54) is 0 Å². The number of alkyl carbamates (subject to hydrolysis) is 1. The van der Waals surface area contributed by atoms with Crippen molar-refractivity contribution in [2.24, 2.45) is 5.92 Å². The second kappa shape index (κ2) is 11.9. The molecule has 1 aliphatic heterocycles. The van der Waals surface area contributed by atoms with Crippen molar-refractivity contribution in [3.05, 3.63) is 30.3 Å². The normalized spacial score (nSPS) is 19.9. The van der Waals surface area contributed by atoms with Crippen LogP contribution in [0.1, 0.15) is 53.9 Å². The molecule has 2 rings (SSSR count). The molecule has 0 radical (unpaired) electrons. The molecule has 2 unspecified atom stereocenters. The van der Waals surface area contributed by atoms with Crippen LogP contribution in [0.4, 0.5) is 15.3 Å². The highest BCUT2D eigenvalue weighted by Gasteiger charge is 2.32. The van der Waals surface area contributed by atoms with Gasteiger partial charge in [0, 0.05) is 12.2 Å². The minimum atomic E-state index is -0.931. The number of para-hydroxylation sites is 1. The van der Waals surface area contributed by atoms with Crippen LogP contribution in [0.15, 0.2) is 30.3 Å². The van der Waals surface area contributed by atoms with Gasteiger partial charge in [-0.1, -0.05) is 32.0 Å². The van der Waals surface area contributed by atoms with E-state index in [4.69, 9.17) is 4.74 Å². The minimum Gasteiger partial charge on any atom is -0.444 e. The molecule has 33 heavy (non-hydrogen) atoms. The van der Waals surface area contributed by atoms with Crippen LogP contribution in [0.2, 0.25) is 0 Å². The standard InChI is InChI=1S/C24H38N4O5/c1-16(2)14-19(27-23(32)33-24(3,4)5)21(30)26-18-12-9-13-28(15-20(18)29)22(31)25-17-10-7-6-8-11-17/h6-8,10-11,16,18-20,29H,9,12-15H2,1-5H3,(H,25,31)(H,26,30)(H,27,32)/t18?,19?,20-/m0/s1. The molecule has 1 aromatic rings. The van der Waals surface area contributed by atoms with Gasteiger partial charge in [0.25, 0.3) is 0 Å². The number of β-amino-alcohol motifs (C(OH)–C–C–N with tert-alkyl or cyclic N) is 1. The van der Waals surface area contributed by atoms with Gasteiger partial charge >= 0.3 is 12.1 Å². The summed E-state index contributed by atoms with van der Waals surface area (Å²) >= 11 is 0. The summed E-state index contributed by atoms with van der Waals surface area (Å²) < 4.78 is 5.29. The molecule has 1 aliphatic rings. The van der Waals surface area contributed by atoms with Crippen LogP contribution in [0.25, 0.3) is 0 Å². The number of nitrogens with zero attached hydrogens (tertiary/aromatic N) is 1. The smallest absolute Gasteiger partial charge is 0.408 e. The van der Waals surface area contributed by atoms with Crippen molar-refractivity contribution in [2.75, 3.05) is 18.4 Å². The Balaban J connectivity index is 1.97. The summed E-state index contributed by atoms with van der Waals surface area (Å²) in [6.07, 6.45) is -0.0198. The Bertz CT molecular complexity index is 794. The molecule has 3 atom stereocenters. The van der Waals surface area contributed by atoms with E-state index in [1.54, 1.807) is 37.8 Å². The first-order chi connectivity index (χ1) is 15.4. The second-order valence-electron chi connectivity index (χ2n) is 9.90. The number of nitrogens with one attached hydrogen (secondary N) is 3. The number of rotatable bonds is 6. The molecule has 184 valence electrons. The maximum Gasteiger partial charge on any atom is 0.408 e. The number of ether oxygens (including phenoxy) is 1. The number of likely N-dealkylation sites (tertiary alicyclic amines) is 1. The lowest BCUT2D eigenvalue weighted by molar-refractivity contribution is -0.125. The number of aliphatic hydroxyl groups excluding tert-OH is 1. The highest BCUT2D eigenvalue weighted by molar-refractivity contribution is 5.89. The molecule has 4 amide bonds. The number of aliphatic hydroxyl groups is 1. The summed E-state index contributed by atoms with van der Waals surface area (Å²) in [4.78, 5) is 39.4. The number of carbonyl (C=O) groups is 3. The lowest BCUT2D eigenvalue weighted by Gasteiger charge is -2.28. The van der Waals surface area contributed by atoms with Crippen molar-refractivity contribution in [1.82, 2.24) is 15.5 Å². The Labute approximate surface area is 196 Å². The van der Waals surface area contributed by atoms with Gasteiger partial charge in [0.1, 0.15) is 11.6 Å². The first kappa shape index (κ1) is 26.4. The Morgan fingerprint density at radius 2 is 1.85 bits per heavy atom. The lowest BCUT2D eigenvalue weighted by Crippen LogP contribution is -2.54. The average molecular weight is 463 g/mol. The molecule has 1 saturated heterocycles. The van der Waals surface area contributed by atoms with Crippen LogP contribution in [0, 0.1) is 5.92 Å². The maximum atomic E-state index is 13.0. The van der Waals surface area contributed by atoms with Crippen LogP contribution in [-0.2, 0) is 9.53 Å². The zero-order chi connectivity index (χ0) is 24.6. The molecule has 9 nitrogen and oxygen atoms in total. The Hall–Kier alpha value is -2.81. The van der Waals surface area contributed by atoms with E-state index in [2.05, 4.69) is 16.0 Å². The molecular formula is C24H38N4O5. The summed E-state index contributed by atoms with van der Waals surface area (Å²) in [6.45, 7) is 9.75. The summed E-state index contributed by atoms with van der Waals surface area (Å²) in [6, 6.07) is 7.51. The Morgan fingerprint density at radius 3 is 2.45 bits per heavy atom. The SMILES string of the molecule is CC(C)CC(NC(=O)OC(C)(C)C)C(=O)NC1CCCN(C(=O)Nc2ccccc2)C[C@@H]1O. The van der Waals surface area contributed by atoms with Crippen molar-refractivity contribution in [3.8, 4) is 0 Å². The third kappa shape index (κ3) is 9.29. The number of hydrogen-bond donors (Lipinski definition) is 4. The largest absolute Gasteiger partial charge is 0.444 e. The zero-order valence-electron chi connectivity index (χ0n) is 20.3. The molecule has 0 aliphatic carbocycles. The van der Waals surface area contributed by atoms with Gasteiger partial charge in [-0.3, -0.25) is 4.79 Å². The fraction of sp³-hybridized carbons (Fsp3) is 0.625. The van der Waals surface area contributed by atoms with Crippen LogP contribution in [0.5, 0.6) is 0 Å². The number of amides is 4. The van der Waals surface area contributed by atoms with Gasteiger partial charge in [0.2, 0.25) is 5.91 Å². The Kier molecular flexibility index (Phi) is 9.52. The summed E-state index contributed by atoms with van der Waals surface area (Å²) in [5, 5.41) is 19.1. The monoisotopic (exact) mass is 462 g/mol. The van der Waals surface area contributed by atoms with Crippen molar-refractivity contribution in [1.29, 1.82) is 0 Å². The molecule has 0 bridgehead atoms. The lowest BCUT2D eigenvalue weighted by atomic mass is 10.0. The first-order valence-electron chi connectivity index (χ1n) is 11.5. The predicted molar refractivity (Wildman–Crippen MR) is 127 cm³/mol. The van der Waals surface area contributed by atoms with Crippen LogP contribution in [0.3, 0.4) is 0 Å². The average Bonchev–Trinajstić information content (AvgIpc) is 2.88. The second-order valence-corrected chi connectivity index (χ2v) is 9.90. The topological polar surface area (TPSA) is 120 Å². The number of hydrogen-bond acceptors (Lipinski definition) is 5. The predicted octanol–water partition coefficient (Wildman–Crippen LogP) is 3.10. The quantitative estimate of drug-likeness (QED) is 0.518. The van der Waals surface area contributed by atoms with Gasteiger partial charge in [0.05, 0.1) is 18.7 Å². The van der Waals surface area contributed by atoms with E-state index in [1.807, 2.05) is 32.0 Å². The minimum absolute atomic E-state index is 0.0952. The maximum absolute atomic E-state index is 13.0. The van der Waals surface area contributed by atoms with E-state index >= 15 is 0 Å². The molecule has 0 saturated carbocycles. The van der Waals surface area contributed by atoms with Crippen LogP contribution < -0.4 is 16.0 Å². The third-order valence-corrected chi connectivity index (χ3v) is 5.17. The molecule has 4 N–H and O–H groups in total. The molecule has 0 aromatic heterocycles. The van der Waals surface area contributed by atoms with Gasteiger partial charge in [-0.25, -0.2) is 9.59 Å². The summed E-state index contributed by atoms with van der Waals surface area (Å²) in [5.41, 5.74) is 0.000312. The van der Waals surface area contributed by atoms with Crippen LogP contribution in [-0.4, -0.2) is 64.9 Å². The third-order valence-electron chi connectivity index (χ3n) is 5.17. The molecule has 1 aromatic carbocycles. The molecule has 0 spiro atoms. The number of benzene rings is 1. The van der Waals surface area contributed by atoms with Crippen LogP contribution >= 0.6 is 0 Å². The van der Waals surface area contributed by atoms with E-state index < -0.39 is 29.9 Å². The molecular weight excluding hydrogens is 424 g/mol. The van der Waals surface area contributed by atoms with Crippen molar-refractivity contribution < 1.29 is 24.2 Å².